The van der Waals surface area contributed by atoms with E-state index in [1.165, 1.54) is 20.4 Å². The number of rotatable bonds is 7. The van der Waals surface area contributed by atoms with Crippen molar-refractivity contribution in [3.05, 3.63) is 30.0 Å². The molecule has 12 heteroatoms. The van der Waals surface area contributed by atoms with Gasteiger partial charge in [-0.05, 0) is 62.6 Å². The number of aliphatic hydroxyl groups is 1. The van der Waals surface area contributed by atoms with Crippen LogP contribution < -0.4 is 25.2 Å². The molecule has 2 aliphatic carbocycles. The van der Waals surface area contributed by atoms with Gasteiger partial charge in [-0.3, -0.25) is 9.59 Å². The fourth-order valence-corrected chi connectivity index (χ4v) is 6.61. The van der Waals surface area contributed by atoms with Gasteiger partial charge in [0.2, 0.25) is 5.95 Å². The number of aliphatic hydroxyl groups excluding tert-OH is 1. The molecule has 0 bridgehead atoms. The van der Waals surface area contributed by atoms with E-state index in [2.05, 4.69) is 20.6 Å². The second-order valence-electron chi connectivity index (χ2n) is 11.7. The molecule has 2 unspecified atom stereocenters. The topological polar surface area (TPSA) is 130 Å². The molecular weight excluding hydrogens is 534 g/mol. The molecule has 3 heterocycles. The number of carbonyl (C=O) groups excluding carboxylic acids is 2. The van der Waals surface area contributed by atoms with Crippen molar-refractivity contribution in [1.82, 2.24) is 15.3 Å². The number of benzene rings is 1. The van der Waals surface area contributed by atoms with E-state index >= 15 is 0 Å². The van der Waals surface area contributed by atoms with E-state index in [0.29, 0.717) is 22.9 Å². The van der Waals surface area contributed by atoms with Crippen molar-refractivity contribution in [2.45, 2.75) is 81.5 Å². The van der Waals surface area contributed by atoms with Crippen LogP contribution in [-0.4, -0.2) is 77.6 Å². The van der Waals surface area contributed by atoms with Gasteiger partial charge in [-0.1, -0.05) is 12.8 Å². The van der Waals surface area contributed by atoms with E-state index in [4.69, 9.17) is 4.74 Å². The van der Waals surface area contributed by atoms with Crippen LogP contribution in [-0.2, 0) is 4.79 Å². The highest BCUT2D eigenvalue weighted by Gasteiger charge is 2.49. The molecule has 1 aromatic carbocycles. The van der Waals surface area contributed by atoms with Crippen LogP contribution in [0, 0.1) is 5.92 Å². The van der Waals surface area contributed by atoms with Crippen LogP contribution in [0.25, 0.3) is 0 Å². The Labute approximate surface area is 237 Å². The number of amides is 1. The monoisotopic (exact) mass is 570 g/mol. The van der Waals surface area contributed by atoms with Gasteiger partial charge in [-0.15, -0.1) is 0 Å². The summed E-state index contributed by atoms with van der Waals surface area (Å²) in [4.78, 5) is 37.2. The summed E-state index contributed by atoms with van der Waals surface area (Å²) < 4.78 is 35.3. The summed E-state index contributed by atoms with van der Waals surface area (Å²) in [7, 11) is 2.82. The van der Waals surface area contributed by atoms with Gasteiger partial charge in [-0.2, -0.15) is 13.8 Å². The van der Waals surface area contributed by atoms with Gasteiger partial charge < -0.3 is 30.3 Å². The number of nitrogens with one attached hydrogen (secondary N) is 2. The van der Waals surface area contributed by atoms with Crippen molar-refractivity contribution < 1.29 is 28.2 Å². The lowest BCUT2D eigenvalue weighted by Crippen LogP contribution is -2.48. The summed E-state index contributed by atoms with van der Waals surface area (Å²) in [6.07, 6.45) is 7.90. The van der Waals surface area contributed by atoms with Crippen molar-refractivity contribution >= 4 is 34.8 Å². The highest BCUT2D eigenvalue weighted by Crippen LogP contribution is 2.40. The van der Waals surface area contributed by atoms with Crippen LogP contribution >= 0.6 is 0 Å². The molecule has 2 saturated carbocycles. The van der Waals surface area contributed by atoms with Crippen molar-refractivity contribution in [2.24, 2.45) is 5.92 Å². The quantitative estimate of drug-likeness (QED) is 0.337. The molecule has 220 valence electrons. The van der Waals surface area contributed by atoms with Crippen molar-refractivity contribution in [3.8, 4) is 5.75 Å². The number of hydrogen-bond donors (Lipinski definition) is 3. The average Bonchev–Trinajstić information content (AvgIpc) is 3.60. The average molecular weight is 571 g/mol. The maximum atomic E-state index is 14.9. The van der Waals surface area contributed by atoms with Gasteiger partial charge in [0, 0.05) is 24.7 Å². The lowest BCUT2D eigenvalue weighted by Gasteiger charge is -2.31. The number of nitrogens with zero attached hydrogens (tertiary/aromatic N) is 4. The van der Waals surface area contributed by atoms with Crippen LogP contribution in [0.2, 0.25) is 0 Å². The first-order valence-electron chi connectivity index (χ1n) is 14.4. The van der Waals surface area contributed by atoms with Gasteiger partial charge in [0.15, 0.2) is 11.6 Å². The number of halogens is 2. The summed E-state index contributed by atoms with van der Waals surface area (Å²) in [6.45, 7) is -0.734. The molecule has 3 N–H and O–H groups in total. The highest BCUT2D eigenvalue weighted by atomic mass is 19.3. The predicted molar refractivity (Wildman–Crippen MR) is 149 cm³/mol. The Morgan fingerprint density at radius 2 is 1.90 bits per heavy atom. The lowest BCUT2D eigenvalue weighted by molar-refractivity contribution is -0.140. The Morgan fingerprint density at radius 3 is 2.61 bits per heavy atom. The zero-order chi connectivity index (χ0) is 28.9. The highest BCUT2D eigenvalue weighted by molar-refractivity contribution is 6.03. The lowest BCUT2D eigenvalue weighted by atomic mass is 9.83. The standard InChI is InChI=1S/C29H36F2N6O4/c1-36-21-14-32-28(35-26(21)37(18-5-3-4-6-18)15-29(30,31)27(36)40)33-20-12-9-17(13-22(20)41-2)25(39)24-23(34-24)16-7-10-19(38)11-8-16/h9,12-14,16,18-19,23-24,34,38H,3-8,10-11,15H2,1-2H3,(H,32,33,35). The fraction of sp³-hybridized carbons (Fsp3) is 0.586. The summed E-state index contributed by atoms with van der Waals surface area (Å²) in [5.41, 5.74) is 1.26. The molecule has 0 spiro atoms. The number of Topliss-reactive ketones (excluding diaryl/α,β-unsaturated/α-hetero) is 1. The molecule has 4 aliphatic rings. The number of ketones is 1. The molecule has 3 fully saturated rings. The van der Waals surface area contributed by atoms with Crippen LogP contribution in [0.4, 0.5) is 31.9 Å². The van der Waals surface area contributed by atoms with Crippen LogP contribution in [0.15, 0.2) is 24.4 Å². The number of anilines is 4. The maximum Gasteiger partial charge on any atom is 0.342 e. The molecule has 1 amide bonds. The third kappa shape index (κ3) is 5.34. The number of methoxy groups -OCH3 is 1. The SMILES string of the molecule is COc1cc(C(=O)C2NC2C2CCC(O)CC2)ccc1Nc1ncc2c(n1)N(C1CCCC1)CC(F)(F)C(=O)N2C. The normalized spacial score (nSPS) is 27.8. The largest absolute Gasteiger partial charge is 0.495 e. The second-order valence-corrected chi connectivity index (χ2v) is 11.7. The van der Waals surface area contributed by atoms with E-state index in [9.17, 15) is 23.5 Å². The predicted octanol–water partition coefficient (Wildman–Crippen LogP) is 3.66. The number of ether oxygens (including phenoxy) is 1. The molecule has 2 aromatic rings. The van der Waals surface area contributed by atoms with Crippen molar-refractivity contribution in [1.29, 1.82) is 0 Å². The van der Waals surface area contributed by atoms with Crippen LogP contribution in [0.3, 0.4) is 0 Å². The number of fused-ring (bicyclic) bond motifs is 1. The third-order valence-electron chi connectivity index (χ3n) is 9.02. The molecule has 1 saturated heterocycles. The molecule has 2 aliphatic heterocycles. The molecule has 2 atom stereocenters. The minimum absolute atomic E-state index is 0.00640. The van der Waals surface area contributed by atoms with E-state index in [1.807, 2.05) is 0 Å². The number of aromatic nitrogens is 2. The first-order chi connectivity index (χ1) is 19.7. The van der Waals surface area contributed by atoms with Crippen molar-refractivity contribution in [2.75, 3.05) is 35.8 Å². The summed E-state index contributed by atoms with van der Waals surface area (Å²) in [5.74, 6) is -3.58. The van der Waals surface area contributed by atoms with E-state index in [-0.39, 0.29) is 47.5 Å². The van der Waals surface area contributed by atoms with E-state index in [0.717, 1.165) is 56.3 Å². The van der Waals surface area contributed by atoms with E-state index < -0.39 is 18.4 Å². The number of hydrogen-bond acceptors (Lipinski definition) is 9. The van der Waals surface area contributed by atoms with Crippen LogP contribution in [0.1, 0.15) is 61.7 Å². The third-order valence-corrected chi connectivity index (χ3v) is 9.02. The number of alkyl halides is 2. The van der Waals surface area contributed by atoms with Crippen molar-refractivity contribution in [3.63, 3.8) is 0 Å². The van der Waals surface area contributed by atoms with Gasteiger partial charge in [0.1, 0.15) is 11.4 Å². The maximum absolute atomic E-state index is 14.9. The first-order valence-corrected chi connectivity index (χ1v) is 14.4. The molecule has 41 heavy (non-hydrogen) atoms. The Hall–Kier alpha value is -3.38. The summed E-state index contributed by atoms with van der Waals surface area (Å²) >= 11 is 0. The zero-order valence-electron chi connectivity index (χ0n) is 23.3. The minimum atomic E-state index is -3.55. The van der Waals surface area contributed by atoms with Gasteiger partial charge in [-0.25, -0.2) is 4.98 Å². The summed E-state index contributed by atoms with van der Waals surface area (Å²) in [5, 5.41) is 16.2. The Bertz CT molecular complexity index is 1330. The van der Waals surface area contributed by atoms with Crippen LogP contribution in [0.5, 0.6) is 5.75 Å². The first kappa shape index (κ1) is 27.8. The molecule has 10 nitrogen and oxygen atoms in total. The number of carbonyl (C=O) groups is 2. The molecule has 6 rings (SSSR count). The summed E-state index contributed by atoms with van der Waals surface area (Å²) in [6, 6.07) is 4.86. The van der Waals surface area contributed by atoms with Gasteiger partial charge >= 0.3 is 5.92 Å². The molecular formula is C29H36F2N6O4. The minimum Gasteiger partial charge on any atom is -0.495 e. The Kier molecular flexibility index (Phi) is 7.31. The molecule has 0 radical (unpaired) electrons. The second kappa shape index (κ2) is 10.8. The smallest absolute Gasteiger partial charge is 0.342 e. The Balaban J connectivity index is 1.22. The fourth-order valence-electron chi connectivity index (χ4n) is 6.61. The van der Waals surface area contributed by atoms with E-state index in [1.54, 1.807) is 23.1 Å². The van der Waals surface area contributed by atoms with Gasteiger partial charge in [0.05, 0.1) is 37.7 Å². The van der Waals surface area contributed by atoms with Gasteiger partial charge in [0.25, 0.3) is 5.91 Å². The zero-order valence-corrected chi connectivity index (χ0v) is 23.3. The molecule has 1 aromatic heterocycles. The Morgan fingerprint density at radius 1 is 1.17 bits per heavy atom.